The van der Waals surface area contributed by atoms with E-state index < -0.39 is 0 Å². The van der Waals surface area contributed by atoms with Crippen molar-refractivity contribution < 1.29 is 5.11 Å². The van der Waals surface area contributed by atoms with Crippen LogP contribution in [0.25, 0.3) is 0 Å². The molecule has 0 bridgehead atoms. The molecule has 0 heterocycles. The van der Waals surface area contributed by atoms with Gasteiger partial charge in [-0.1, -0.05) is 47.0 Å². The van der Waals surface area contributed by atoms with Crippen LogP contribution >= 0.6 is 0 Å². The molecule has 0 aromatic heterocycles. The normalized spacial score (nSPS) is 14.2. The molecule has 0 fully saturated rings. The van der Waals surface area contributed by atoms with Crippen molar-refractivity contribution in [3.8, 4) is 0 Å². The monoisotopic (exact) mass is 215 g/mol. The maximum absolute atomic E-state index is 8.90. The van der Waals surface area contributed by atoms with Gasteiger partial charge in [0.1, 0.15) is 0 Å². The molecule has 0 aliphatic heterocycles. The van der Waals surface area contributed by atoms with Crippen molar-refractivity contribution >= 4 is 0 Å². The molecule has 2 N–H and O–H groups in total. The molecular formula is C13H29NO. The van der Waals surface area contributed by atoms with E-state index >= 15 is 0 Å². The summed E-state index contributed by atoms with van der Waals surface area (Å²) in [6, 6.07) is 0. The molecule has 0 aromatic rings. The van der Waals surface area contributed by atoms with E-state index in [1.54, 1.807) is 0 Å². The highest BCUT2D eigenvalue weighted by molar-refractivity contribution is 4.72. The Labute approximate surface area is 95.5 Å². The Balaban J connectivity index is 3.54. The molecule has 1 atom stereocenters. The second-order valence-corrected chi connectivity index (χ2v) is 5.54. The van der Waals surface area contributed by atoms with Crippen molar-refractivity contribution in [2.45, 2.75) is 53.4 Å². The largest absolute Gasteiger partial charge is 0.396 e. The van der Waals surface area contributed by atoms with Crippen molar-refractivity contribution in [2.75, 3.05) is 19.7 Å². The summed E-state index contributed by atoms with van der Waals surface area (Å²) >= 11 is 0. The summed E-state index contributed by atoms with van der Waals surface area (Å²) in [7, 11) is 0. The van der Waals surface area contributed by atoms with Gasteiger partial charge in [-0.2, -0.15) is 0 Å². The topological polar surface area (TPSA) is 32.3 Å². The van der Waals surface area contributed by atoms with Gasteiger partial charge < -0.3 is 10.4 Å². The average Bonchev–Trinajstić information content (AvgIpc) is 2.17. The summed E-state index contributed by atoms with van der Waals surface area (Å²) < 4.78 is 0. The number of hydrogen-bond acceptors (Lipinski definition) is 2. The molecule has 1 unspecified atom stereocenters. The first-order valence-corrected chi connectivity index (χ1v) is 6.33. The maximum Gasteiger partial charge on any atom is 0.0468 e. The number of rotatable bonds is 9. The lowest BCUT2D eigenvalue weighted by Gasteiger charge is -2.25. The Hall–Kier alpha value is -0.0800. The highest BCUT2D eigenvalue weighted by Gasteiger charge is 2.16. The third kappa shape index (κ3) is 8.88. The molecular weight excluding hydrogens is 186 g/mol. The molecule has 0 aliphatic rings. The number of aliphatic hydroxyl groups is 1. The van der Waals surface area contributed by atoms with Crippen LogP contribution in [-0.4, -0.2) is 24.8 Å². The first-order chi connectivity index (χ1) is 7.02. The molecule has 0 aliphatic carbocycles. The minimum absolute atomic E-state index is 0.281. The average molecular weight is 215 g/mol. The van der Waals surface area contributed by atoms with E-state index in [4.69, 9.17) is 5.11 Å². The van der Waals surface area contributed by atoms with Gasteiger partial charge in [0.15, 0.2) is 0 Å². The van der Waals surface area contributed by atoms with Crippen molar-refractivity contribution in [1.82, 2.24) is 5.32 Å². The summed E-state index contributed by atoms with van der Waals surface area (Å²) in [5.74, 6) is 0.372. The van der Waals surface area contributed by atoms with E-state index in [-0.39, 0.29) is 6.61 Å². The second kappa shape index (κ2) is 8.12. The van der Waals surface area contributed by atoms with Gasteiger partial charge in [-0.3, -0.25) is 0 Å². The minimum Gasteiger partial charge on any atom is -0.396 e. The number of nitrogens with one attached hydrogen (secondary N) is 1. The van der Waals surface area contributed by atoms with Crippen molar-refractivity contribution in [1.29, 1.82) is 0 Å². The maximum atomic E-state index is 8.90. The van der Waals surface area contributed by atoms with Gasteiger partial charge in [-0.25, -0.2) is 0 Å². The van der Waals surface area contributed by atoms with Crippen molar-refractivity contribution in [3.05, 3.63) is 0 Å². The molecule has 0 rings (SSSR count). The fourth-order valence-electron chi connectivity index (χ4n) is 1.66. The number of hydrogen-bond donors (Lipinski definition) is 2. The molecule has 92 valence electrons. The third-order valence-corrected chi connectivity index (χ3v) is 2.87. The van der Waals surface area contributed by atoms with Crippen LogP contribution in [0.4, 0.5) is 0 Å². The van der Waals surface area contributed by atoms with Gasteiger partial charge in [0, 0.05) is 13.2 Å². The van der Waals surface area contributed by atoms with E-state index in [1.165, 1.54) is 25.7 Å². The minimum atomic E-state index is 0.281. The van der Waals surface area contributed by atoms with E-state index in [1.807, 2.05) is 0 Å². The quantitative estimate of drug-likeness (QED) is 0.580. The Kier molecular flexibility index (Phi) is 8.07. The van der Waals surface area contributed by atoms with Gasteiger partial charge in [-0.05, 0) is 24.3 Å². The van der Waals surface area contributed by atoms with Crippen LogP contribution < -0.4 is 5.32 Å². The Morgan fingerprint density at radius 1 is 1.27 bits per heavy atom. The predicted octanol–water partition coefficient (Wildman–Crippen LogP) is 2.81. The lowest BCUT2D eigenvalue weighted by molar-refractivity contribution is 0.224. The molecule has 0 amide bonds. The number of unbranched alkanes of at least 4 members (excludes halogenated alkanes) is 2. The molecule has 2 nitrogen and oxygen atoms in total. The van der Waals surface area contributed by atoms with Crippen LogP contribution in [0.2, 0.25) is 0 Å². The Bertz CT molecular complexity index is 145. The highest BCUT2D eigenvalue weighted by Crippen LogP contribution is 2.22. The van der Waals surface area contributed by atoms with Crippen LogP contribution in [-0.2, 0) is 0 Å². The highest BCUT2D eigenvalue weighted by atomic mass is 16.3. The summed E-state index contributed by atoms with van der Waals surface area (Å²) in [5, 5.41) is 12.3. The van der Waals surface area contributed by atoms with E-state index in [2.05, 4.69) is 33.0 Å². The lowest BCUT2D eigenvalue weighted by atomic mass is 9.87. The molecule has 0 radical (unpaired) electrons. The van der Waals surface area contributed by atoms with Gasteiger partial charge in [0.05, 0.1) is 0 Å². The number of aliphatic hydroxyl groups excluding tert-OH is 1. The Morgan fingerprint density at radius 2 is 1.93 bits per heavy atom. The van der Waals surface area contributed by atoms with Gasteiger partial charge >= 0.3 is 0 Å². The van der Waals surface area contributed by atoms with E-state index in [9.17, 15) is 0 Å². The van der Waals surface area contributed by atoms with Crippen LogP contribution in [0.5, 0.6) is 0 Å². The Morgan fingerprint density at radius 3 is 2.47 bits per heavy atom. The molecule has 0 spiro atoms. The second-order valence-electron chi connectivity index (χ2n) is 5.54. The smallest absolute Gasteiger partial charge is 0.0468 e. The molecule has 0 aromatic carbocycles. The molecule has 0 saturated carbocycles. The SMILES string of the molecule is CCCCCC(C)(C)CNCC(C)CO. The van der Waals surface area contributed by atoms with E-state index in [0.717, 1.165) is 13.1 Å². The first kappa shape index (κ1) is 14.9. The molecule has 15 heavy (non-hydrogen) atoms. The van der Waals surface area contributed by atoms with E-state index in [0.29, 0.717) is 11.3 Å². The standard InChI is InChI=1S/C13H29NO/c1-5-6-7-8-13(3,4)11-14-9-12(2)10-15/h12,14-15H,5-11H2,1-4H3. The molecule has 0 saturated heterocycles. The zero-order chi connectivity index (χ0) is 11.7. The van der Waals surface area contributed by atoms with Crippen molar-refractivity contribution in [2.24, 2.45) is 11.3 Å². The zero-order valence-electron chi connectivity index (χ0n) is 11.0. The summed E-state index contributed by atoms with van der Waals surface area (Å²) in [4.78, 5) is 0. The lowest BCUT2D eigenvalue weighted by Crippen LogP contribution is -2.33. The summed E-state index contributed by atoms with van der Waals surface area (Å²) in [6.07, 6.45) is 5.27. The third-order valence-electron chi connectivity index (χ3n) is 2.87. The van der Waals surface area contributed by atoms with Crippen LogP contribution in [0.3, 0.4) is 0 Å². The van der Waals surface area contributed by atoms with Gasteiger partial charge in [0.25, 0.3) is 0 Å². The predicted molar refractivity (Wildman–Crippen MR) is 67.0 cm³/mol. The van der Waals surface area contributed by atoms with Crippen LogP contribution in [0.15, 0.2) is 0 Å². The summed E-state index contributed by atoms with van der Waals surface area (Å²) in [6.45, 7) is 11.2. The summed E-state index contributed by atoms with van der Waals surface area (Å²) in [5.41, 5.74) is 0.393. The fourth-order valence-corrected chi connectivity index (χ4v) is 1.66. The van der Waals surface area contributed by atoms with Crippen LogP contribution in [0, 0.1) is 11.3 Å². The van der Waals surface area contributed by atoms with Crippen molar-refractivity contribution in [3.63, 3.8) is 0 Å². The first-order valence-electron chi connectivity index (χ1n) is 6.33. The molecule has 2 heteroatoms. The van der Waals surface area contributed by atoms with Gasteiger partial charge in [0.2, 0.25) is 0 Å². The zero-order valence-corrected chi connectivity index (χ0v) is 11.0. The van der Waals surface area contributed by atoms with Gasteiger partial charge in [-0.15, -0.1) is 0 Å². The van der Waals surface area contributed by atoms with Crippen LogP contribution in [0.1, 0.15) is 53.4 Å². The fraction of sp³-hybridized carbons (Fsp3) is 1.00.